The normalized spacial score (nSPS) is 9.36. The van der Waals surface area contributed by atoms with Crippen LogP contribution >= 0.6 is 0 Å². The lowest BCUT2D eigenvalue weighted by Gasteiger charge is -2.11. The molecule has 0 unspecified atom stereocenters. The largest absolute Gasteiger partial charge is 0.489 e. The standard InChI is InChI=1S/C10H15NO.C2H6/c1-7(2)12-10-6-11-9(4)5-8(10)3;1-2/h5-7H,1-4H3;1-2H3. The Morgan fingerprint density at radius 2 is 1.79 bits per heavy atom. The highest BCUT2D eigenvalue weighted by Gasteiger charge is 2.01. The molecule has 0 aliphatic heterocycles. The highest BCUT2D eigenvalue weighted by Crippen LogP contribution is 2.17. The van der Waals surface area contributed by atoms with Crippen molar-refractivity contribution in [3.63, 3.8) is 0 Å². The van der Waals surface area contributed by atoms with E-state index in [1.165, 1.54) is 0 Å². The van der Waals surface area contributed by atoms with Crippen molar-refractivity contribution < 1.29 is 4.74 Å². The van der Waals surface area contributed by atoms with Crippen LogP contribution in [0.4, 0.5) is 0 Å². The van der Waals surface area contributed by atoms with Crippen LogP contribution in [0.2, 0.25) is 0 Å². The summed E-state index contributed by atoms with van der Waals surface area (Å²) >= 11 is 0. The molecule has 2 nitrogen and oxygen atoms in total. The van der Waals surface area contributed by atoms with E-state index in [1.807, 2.05) is 47.6 Å². The van der Waals surface area contributed by atoms with Crippen LogP contribution in [0.3, 0.4) is 0 Å². The van der Waals surface area contributed by atoms with E-state index in [0.717, 1.165) is 17.0 Å². The van der Waals surface area contributed by atoms with Crippen molar-refractivity contribution >= 4 is 0 Å². The number of ether oxygens (including phenoxy) is 1. The summed E-state index contributed by atoms with van der Waals surface area (Å²) < 4.78 is 5.54. The van der Waals surface area contributed by atoms with Gasteiger partial charge in [-0.25, -0.2) is 0 Å². The van der Waals surface area contributed by atoms with Crippen LogP contribution < -0.4 is 4.74 Å². The van der Waals surface area contributed by atoms with Crippen molar-refractivity contribution in [3.05, 3.63) is 23.5 Å². The SMILES string of the molecule is CC.Cc1cc(C)c(OC(C)C)cn1. The van der Waals surface area contributed by atoms with Crippen LogP contribution in [0.25, 0.3) is 0 Å². The van der Waals surface area contributed by atoms with E-state index in [2.05, 4.69) is 4.98 Å². The van der Waals surface area contributed by atoms with Crippen LogP contribution in [-0.2, 0) is 0 Å². The first-order valence-electron chi connectivity index (χ1n) is 5.19. The summed E-state index contributed by atoms with van der Waals surface area (Å²) in [5.74, 6) is 0.885. The maximum Gasteiger partial charge on any atom is 0.140 e. The smallest absolute Gasteiger partial charge is 0.140 e. The Morgan fingerprint density at radius 3 is 2.21 bits per heavy atom. The molecule has 80 valence electrons. The molecule has 1 aromatic heterocycles. The van der Waals surface area contributed by atoms with Crippen molar-refractivity contribution in [2.75, 3.05) is 0 Å². The van der Waals surface area contributed by atoms with Gasteiger partial charge in [-0.2, -0.15) is 0 Å². The third-order valence-corrected chi connectivity index (χ3v) is 1.56. The molecular weight excluding hydrogens is 174 g/mol. The van der Waals surface area contributed by atoms with E-state index in [-0.39, 0.29) is 6.10 Å². The molecule has 0 amide bonds. The number of rotatable bonds is 2. The van der Waals surface area contributed by atoms with E-state index in [0.29, 0.717) is 0 Å². The zero-order valence-corrected chi connectivity index (χ0v) is 10.1. The number of hydrogen-bond acceptors (Lipinski definition) is 2. The van der Waals surface area contributed by atoms with Crippen molar-refractivity contribution in [1.29, 1.82) is 0 Å². The van der Waals surface area contributed by atoms with E-state index in [4.69, 9.17) is 4.74 Å². The Bertz CT molecular complexity index is 269. The fourth-order valence-corrected chi connectivity index (χ4v) is 1.06. The molecule has 1 aromatic rings. The summed E-state index contributed by atoms with van der Waals surface area (Å²) in [6.07, 6.45) is 2.00. The van der Waals surface area contributed by atoms with E-state index in [9.17, 15) is 0 Å². The van der Waals surface area contributed by atoms with Gasteiger partial charge >= 0.3 is 0 Å². The molecule has 0 N–H and O–H groups in total. The molecule has 0 atom stereocenters. The fraction of sp³-hybridized carbons (Fsp3) is 0.583. The predicted molar refractivity (Wildman–Crippen MR) is 60.8 cm³/mol. The summed E-state index contributed by atoms with van der Waals surface area (Å²) in [7, 11) is 0. The van der Waals surface area contributed by atoms with Gasteiger partial charge in [0.25, 0.3) is 0 Å². The van der Waals surface area contributed by atoms with Gasteiger partial charge in [0.2, 0.25) is 0 Å². The number of hydrogen-bond donors (Lipinski definition) is 0. The van der Waals surface area contributed by atoms with Gasteiger partial charge in [0.15, 0.2) is 0 Å². The zero-order valence-electron chi connectivity index (χ0n) is 10.1. The molecule has 0 saturated heterocycles. The minimum atomic E-state index is 0.216. The van der Waals surface area contributed by atoms with Crippen molar-refractivity contribution in [3.8, 4) is 5.75 Å². The molecule has 0 aromatic carbocycles. The van der Waals surface area contributed by atoms with E-state index >= 15 is 0 Å². The quantitative estimate of drug-likeness (QED) is 0.720. The predicted octanol–water partition coefficient (Wildman–Crippen LogP) is 3.51. The summed E-state index contributed by atoms with van der Waals surface area (Å²) in [5.41, 5.74) is 2.18. The molecule has 2 heteroatoms. The van der Waals surface area contributed by atoms with E-state index < -0.39 is 0 Å². The average Bonchev–Trinajstić information content (AvgIpc) is 2.13. The van der Waals surface area contributed by atoms with Gasteiger partial charge in [0, 0.05) is 5.69 Å². The Kier molecular flexibility index (Phi) is 5.93. The third-order valence-electron chi connectivity index (χ3n) is 1.56. The molecule has 0 fully saturated rings. The molecule has 0 aliphatic rings. The highest BCUT2D eigenvalue weighted by atomic mass is 16.5. The van der Waals surface area contributed by atoms with Crippen LogP contribution in [0.1, 0.15) is 39.0 Å². The fourth-order valence-electron chi connectivity index (χ4n) is 1.06. The molecule has 0 aliphatic carbocycles. The minimum absolute atomic E-state index is 0.216. The zero-order chi connectivity index (χ0) is 11.1. The minimum Gasteiger partial charge on any atom is -0.489 e. The lowest BCUT2D eigenvalue weighted by molar-refractivity contribution is 0.239. The second kappa shape index (κ2) is 6.41. The first kappa shape index (κ1) is 12.9. The molecule has 0 bridgehead atoms. The molecular formula is C12H21NO. The Labute approximate surface area is 87.3 Å². The second-order valence-electron chi connectivity index (χ2n) is 3.26. The lowest BCUT2D eigenvalue weighted by Crippen LogP contribution is -2.07. The second-order valence-corrected chi connectivity index (χ2v) is 3.26. The van der Waals surface area contributed by atoms with Gasteiger partial charge in [0.1, 0.15) is 5.75 Å². The van der Waals surface area contributed by atoms with Crippen LogP contribution in [0, 0.1) is 13.8 Å². The van der Waals surface area contributed by atoms with Gasteiger partial charge < -0.3 is 4.74 Å². The molecule has 0 spiro atoms. The van der Waals surface area contributed by atoms with Crippen molar-refractivity contribution in [2.45, 2.75) is 47.6 Å². The Balaban J connectivity index is 0.000000791. The summed E-state index contributed by atoms with van der Waals surface area (Å²) in [6, 6.07) is 2.03. The number of nitrogens with zero attached hydrogens (tertiary/aromatic N) is 1. The Morgan fingerprint density at radius 1 is 1.21 bits per heavy atom. The first-order chi connectivity index (χ1) is 6.59. The van der Waals surface area contributed by atoms with Gasteiger partial charge in [0.05, 0.1) is 12.3 Å². The number of pyridine rings is 1. The average molecular weight is 195 g/mol. The Hall–Kier alpha value is -1.05. The first-order valence-corrected chi connectivity index (χ1v) is 5.19. The van der Waals surface area contributed by atoms with Crippen LogP contribution in [0.5, 0.6) is 5.75 Å². The molecule has 1 heterocycles. The molecule has 1 rings (SSSR count). The van der Waals surface area contributed by atoms with Gasteiger partial charge in [-0.05, 0) is 39.3 Å². The number of aromatic nitrogens is 1. The van der Waals surface area contributed by atoms with Gasteiger partial charge in [-0.1, -0.05) is 13.8 Å². The maximum atomic E-state index is 5.54. The maximum absolute atomic E-state index is 5.54. The van der Waals surface area contributed by atoms with Crippen LogP contribution in [-0.4, -0.2) is 11.1 Å². The van der Waals surface area contributed by atoms with E-state index in [1.54, 1.807) is 6.20 Å². The van der Waals surface area contributed by atoms with Crippen LogP contribution in [0.15, 0.2) is 12.3 Å². The molecule has 0 radical (unpaired) electrons. The summed E-state index contributed by atoms with van der Waals surface area (Å²) in [6.45, 7) is 12.0. The van der Waals surface area contributed by atoms with Crippen molar-refractivity contribution in [1.82, 2.24) is 4.98 Å². The highest BCUT2D eigenvalue weighted by molar-refractivity contribution is 5.30. The van der Waals surface area contributed by atoms with Gasteiger partial charge in [-0.15, -0.1) is 0 Å². The van der Waals surface area contributed by atoms with Gasteiger partial charge in [-0.3, -0.25) is 4.98 Å². The molecule has 0 saturated carbocycles. The van der Waals surface area contributed by atoms with Crippen molar-refractivity contribution in [2.24, 2.45) is 0 Å². The lowest BCUT2D eigenvalue weighted by atomic mass is 10.2. The number of aryl methyl sites for hydroxylation is 2. The topological polar surface area (TPSA) is 22.1 Å². The summed E-state index contributed by atoms with van der Waals surface area (Å²) in [4.78, 5) is 4.17. The monoisotopic (exact) mass is 195 g/mol. The molecule has 14 heavy (non-hydrogen) atoms. The third kappa shape index (κ3) is 4.26. The summed E-state index contributed by atoms with van der Waals surface area (Å²) in [5, 5.41) is 0.